The van der Waals surface area contributed by atoms with Gasteiger partial charge >= 0.3 is 6.18 Å². The Bertz CT molecular complexity index is 396. The first-order valence-electron chi connectivity index (χ1n) is 5.68. The zero-order chi connectivity index (χ0) is 14.3. The summed E-state index contributed by atoms with van der Waals surface area (Å²) in [4.78, 5) is 11.5. The quantitative estimate of drug-likeness (QED) is 0.362. The van der Waals surface area contributed by atoms with Crippen LogP contribution in [0.5, 0.6) is 0 Å². The topological polar surface area (TPSA) is 64.3 Å². The largest absolute Gasteiger partial charge is 0.389 e. The number of nitrogens with two attached hydrogens (primary N) is 1. The Kier molecular flexibility index (Phi) is 5.78. The molecule has 0 spiro atoms. The Morgan fingerprint density at radius 1 is 1.32 bits per heavy atom. The molecule has 0 radical (unpaired) electrons. The second kappa shape index (κ2) is 7.10. The Morgan fingerprint density at radius 2 is 1.95 bits per heavy atom. The van der Waals surface area contributed by atoms with Gasteiger partial charge in [-0.3, -0.25) is 10.2 Å². The zero-order valence-corrected chi connectivity index (χ0v) is 10.1. The van der Waals surface area contributed by atoms with E-state index in [9.17, 15) is 18.0 Å². The van der Waals surface area contributed by atoms with E-state index in [0.29, 0.717) is 5.56 Å². The fraction of sp³-hybridized carbons (Fsp3) is 0.417. The van der Waals surface area contributed by atoms with Crippen LogP contribution in [0.2, 0.25) is 0 Å². The molecule has 0 bridgehead atoms. The third-order valence-corrected chi connectivity index (χ3v) is 2.37. The molecular formula is C12H15F3N2O2. The molecule has 0 aliphatic rings. The van der Waals surface area contributed by atoms with Crippen molar-refractivity contribution in [2.75, 3.05) is 6.61 Å². The highest BCUT2D eigenvalue weighted by Gasteiger charge is 2.27. The number of rotatable bonds is 6. The van der Waals surface area contributed by atoms with Crippen molar-refractivity contribution in [3.63, 3.8) is 0 Å². The van der Waals surface area contributed by atoms with Crippen LogP contribution >= 0.6 is 0 Å². The van der Waals surface area contributed by atoms with E-state index >= 15 is 0 Å². The van der Waals surface area contributed by atoms with E-state index in [2.05, 4.69) is 0 Å². The normalized spacial score (nSPS) is 13.1. The summed E-state index contributed by atoms with van der Waals surface area (Å²) in [5, 5.41) is 0. The van der Waals surface area contributed by atoms with Crippen molar-refractivity contribution in [3.05, 3.63) is 35.9 Å². The second-order valence-electron chi connectivity index (χ2n) is 3.89. The van der Waals surface area contributed by atoms with Crippen molar-refractivity contribution in [2.45, 2.75) is 25.1 Å². The number of amides is 1. The maximum atomic E-state index is 12.0. The lowest BCUT2D eigenvalue weighted by atomic mass is 10.1. The van der Waals surface area contributed by atoms with Crippen molar-refractivity contribution in [2.24, 2.45) is 5.84 Å². The SMILES string of the molecule is NNC(=O)C(OCCCC(F)(F)F)c1ccccc1. The van der Waals surface area contributed by atoms with E-state index in [0.717, 1.165) is 0 Å². The minimum absolute atomic E-state index is 0.174. The Labute approximate surface area is 108 Å². The van der Waals surface area contributed by atoms with Gasteiger partial charge in [0.25, 0.3) is 5.91 Å². The van der Waals surface area contributed by atoms with E-state index in [1.807, 2.05) is 5.43 Å². The van der Waals surface area contributed by atoms with Crippen LogP contribution in [0.3, 0.4) is 0 Å². The Morgan fingerprint density at radius 3 is 2.47 bits per heavy atom. The predicted molar refractivity (Wildman–Crippen MR) is 62.8 cm³/mol. The standard InChI is InChI=1S/C12H15F3N2O2/c13-12(14,15)7-4-8-19-10(11(18)17-16)9-5-2-1-3-6-9/h1-3,5-6,10H,4,7-8,16H2,(H,17,18). The van der Waals surface area contributed by atoms with Gasteiger partial charge in [0.2, 0.25) is 0 Å². The average Bonchev–Trinajstić information content (AvgIpc) is 2.38. The van der Waals surface area contributed by atoms with E-state index in [1.54, 1.807) is 30.3 Å². The fourth-order valence-corrected chi connectivity index (χ4v) is 1.50. The number of alkyl halides is 3. The molecule has 0 saturated carbocycles. The first-order valence-corrected chi connectivity index (χ1v) is 5.68. The van der Waals surface area contributed by atoms with Crippen molar-refractivity contribution in [1.29, 1.82) is 0 Å². The van der Waals surface area contributed by atoms with Crippen LogP contribution in [-0.4, -0.2) is 18.7 Å². The number of hydrazine groups is 1. The summed E-state index contributed by atoms with van der Waals surface area (Å²) < 4.78 is 41.1. The molecule has 19 heavy (non-hydrogen) atoms. The third-order valence-electron chi connectivity index (χ3n) is 2.37. The van der Waals surface area contributed by atoms with E-state index in [1.165, 1.54) is 0 Å². The molecule has 1 unspecified atom stereocenters. The monoisotopic (exact) mass is 276 g/mol. The van der Waals surface area contributed by atoms with Gasteiger partial charge in [-0.1, -0.05) is 30.3 Å². The lowest BCUT2D eigenvalue weighted by molar-refractivity contribution is -0.142. The van der Waals surface area contributed by atoms with Gasteiger partial charge in [0.1, 0.15) is 0 Å². The minimum atomic E-state index is -4.22. The summed E-state index contributed by atoms with van der Waals surface area (Å²) in [6.07, 6.45) is -6.37. The summed E-state index contributed by atoms with van der Waals surface area (Å²) in [6.45, 7) is -0.174. The molecule has 3 N–H and O–H groups in total. The lowest BCUT2D eigenvalue weighted by Gasteiger charge is -2.16. The highest BCUT2D eigenvalue weighted by atomic mass is 19.4. The summed E-state index contributed by atoms with van der Waals surface area (Å²) in [7, 11) is 0. The maximum Gasteiger partial charge on any atom is 0.389 e. The van der Waals surface area contributed by atoms with Crippen LogP contribution in [0.25, 0.3) is 0 Å². The number of ether oxygens (including phenoxy) is 1. The van der Waals surface area contributed by atoms with Gasteiger partial charge in [0.05, 0.1) is 0 Å². The zero-order valence-electron chi connectivity index (χ0n) is 10.1. The summed E-state index contributed by atoms with van der Waals surface area (Å²) in [6, 6.07) is 8.44. The molecule has 1 aromatic carbocycles. The van der Waals surface area contributed by atoms with Crippen LogP contribution in [0.1, 0.15) is 24.5 Å². The molecule has 7 heteroatoms. The average molecular weight is 276 g/mol. The van der Waals surface area contributed by atoms with Gasteiger partial charge in [0, 0.05) is 13.0 Å². The molecule has 0 fully saturated rings. The number of hydrogen-bond donors (Lipinski definition) is 2. The van der Waals surface area contributed by atoms with E-state index in [-0.39, 0.29) is 13.0 Å². The predicted octanol–water partition coefficient (Wildman–Crippen LogP) is 2.08. The van der Waals surface area contributed by atoms with Gasteiger partial charge < -0.3 is 4.74 Å². The number of hydrogen-bond acceptors (Lipinski definition) is 3. The number of halogens is 3. The minimum Gasteiger partial charge on any atom is -0.364 e. The number of benzene rings is 1. The Balaban J connectivity index is 2.55. The van der Waals surface area contributed by atoms with Crippen LogP contribution < -0.4 is 11.3 Å². The lowest BCUT2D eigenvalue weighted by Crippen LogP contribution is -2.36. The smallest absolute Gasteiger partial charge is 0.364 e. The molecule has 1 atom stereocenters. The van der Waals surface area contributed by atoms with E-state index < -0.39 is 24.6 Å². The number of carbonyl (C=O) groups excluding carboxylic acids is 1. The van der Waals surface area contributed by atoms with Gasteiger partial charge in [-0.15, -0.1) is 0 Å². The van der Waals surface area contributed by atoms with Crippen molar-refractivity contribution >= 4 is 5.91 Å². The number of carbonyl (C=O) groups is 1. The summed E-state index contributed by atoms with van der Waals surface area (Å²) >= 11 is 0. The molecule has 1 amide bonds. The second-order valence-corrected chi connectivity index (χ2v) is 3.89. The first kappa shape index (κ1) is 15.5. The molecular weight excluding hydrogens is 261 g/mol. The molecule has 0 aliphatic heterocycles. The van der Waals surface area contributed by atoms with E-state index in [4.69, 9.17) is 10.6 Å². The molecule has 0 aromatic heterocycles. The first-order chi connectivity index (χ1) is 8.94. The molecule has 0 saturated heterocycles. The van der Waals surface area contributed by atoms with Crippen LogP contribution in [-0.2, 0) is 9.53 Å². The third kappa shape index (κ3) is 5.71. The Hall–Kier alpha value is -1.60. The molecule has 4 nitrogen and oxygen atoms in total. The van der Waals surface area contributed by atoms with Crippen molar-refractivity contribution in [1.82, 2.24) is 5.43 Å². The van der Waals surface area contributed by atoms with Crippen LogP contribution in [0, 0.1) is 0 Å². The van der Waals surface area contributed by atoms with Crippen molar-refractivity contribution in [3.8, 4) is 0 Å². The molecule has 106 valence electrons. The van der Waals surface area contributed by atoms with Gasteiger partial charge in [0.15, 0.2) is 6.10 Å². The van der Waals surface area contributed by atoms with Crippen molar-refractivity contribution < 1.29 is 22.7 Å². The fourth-order valence-electron chi connectivity index (χ4n) is 1.50. The summed E-state index contributed by atoms with van der Waals surface area (Å²) in [5.41, 5.74) is 2.47. The summed E-state index contributed by atoms with van der Waals surface area (Å²) in [5.74, 6) is 4.43. The van der Waals surface area contributed by atoms with Crippen LogP contribution in [0.4, 0.5) is 13.2 Å². The highest BCUT2D eigenvalue weighted by molar-refractivity contribution is 5.81. The van der Waals surface area contributed by atoms with Gasteiger partial charge in [-0.25, -0.2) is 5.84 Å². The molecule has 1 aromatic rings. The molecule has 0 aliphatic carbocycles. The maximum absolute atomic E-state index is 12.0. The van der Waals surface area contributed by atoms with Gasteiger partial charge in [-0.05, 0) is 12.0 Å². The highest BCUT2D eigenvalue weighted by Crippen LogP contribution is 2.23. The van der Waals surface area contributed by atoms with Gasteiger partial charge in [-0.2, -0.15) is 13.2 Å². The van der Waals surface area contributed by atoms with Crippen LogP contribution in [0.15, 0.2) is 30.3 Å². The molecule has 1 rings (SSSR count). The number of nitrogens with one attached hydrogen (secondary N) is 1. The molecule has 0 heterocycles.